The first-order valence-corrected chi connectivity index (χ1v) is 6.18. The van der Waals surface area contributed by atoms with Crippen molar-refractivity contribution >= 4 is 11.5 Å². The summed E-state index contributed by atoms with van der Waals surface area (Å²) in [7, 11) is 0. The van der Waals surface area contributed by atoms with E-state index < -0.39 is 0 Å². The molecule has 14 heavy (non-hydrogen) atoms. The Morgan fingerprint density at radius 1 is 1.36 bits per heavy atom. The lowest BCUT2D eigenvalue weighted by molar-refractivity contribution is 0.589. The summed E-state index contributed by atoms with van der Waals surface area (Å²) in [6, 6.07) is 0.329. The average molecular weight is 209 g/mol. The van der Waals surface area contributed by atoms with Crippen molar-refractivity contribution in [2.75, 3.05) is 0 Å². The van der Waals surface area contributed by atoms with Crippen LogP contribution in [0.15, 0.2) is 0 Å². The number of nitrogens with zero attached hydrogens (tertiary/aromatic N) is 2. The van der Waals surface area contributed by atoms with E-state index in [4.69, 9.17) is 5.73 Å². The highest BCUT2D eigenvalue weighted by Gasteiger charge is 2.31. The molecule has 0 bridgehead atoms. The smallest absolute Gasteiger partial charge is 0.145 e. The van der Waals surface area contributed by atoms with E-state index >= 15 is 0 Å². The van der Waals surface area contributed by atoms with Crippen molar-refractivity contribution in [2.24, 2.45) is 11.7 Å². The molecule has 2 N–H and O–H groups in total. The van der Waals surface area contributed by atoms with Gasteiger partial charge in [-0.2, -0.15) is 4.37 Å². The van der Waals surface area contributed by atoms with Crippen molar-refractivity contribution in [3.05, 3.63) is 10.8 Å². The average Bonchev–Trinajstić information content (AvgIpc) is 3.06. The molecule has 1 aromatic heterocycles. The fourth-order valence-corrected chi connectivity index (χ4v) is 2.54. The molecule has 0 aliphatic heterocycles. The zero-order chi connectivity index (χ0) is 9.54. The van der Waals surface area contributed by atoms with E-state index in [0.29, 0.717) is 12.0 Å². The van der Waals surface area contributed by atoms with Gasteiger partial charge in [-0.05, 0) is 43.1 Å². The first kappa shape index (κ1) is 8.80. The molecule has 1 heterocycles. The first-order valence-electron chi connectivity index (χ1n) is 5.41. The number of aromatic nitrogens is 2. The third-order valence-electron chi connectivity index (χ3n) is 3.06. The third kappa shape index (κ3) is 1.81. The van der Waals surface area contributed by atoms with Gasteiger partial charge in [0.1, 0.15) is 10.8 Å². The zero-order valence-electron chi connectivity index (χ0n) is 8.15. The monoisotopic (exact) mass is 209 g/mol. The Balaban J connectivity index is 1.63. The standard InChI is InChI=1S/C10H15N3S/c11-8(6-1-2-6)5-9-12-10(13-14-9)7-3-4-7/h6-8H,1-5,11H2. The Morgan fingerprint density at radius 2 is 2.14 bits per heavy atom. The predicted octanol–water partition coefficient (Wildman–Crippen LogP) is 1.70. The Morgan fingerprint density at radius 3 is 2.79 bits per heavy atom. The van der Waals surface area contributed by atoms with Crippen molar-refractivity contribution in [1.29, 1.82) is 0 Å². The van der Waals surface area contributed by atoms with E-state index in [9.17, 15) is 0 Å². The molecule has 1 atom stereocenters. The van der Waals surface area contributed by atoms with Crippen LogP contribution in [0, 0.1) is 5.92 Å². The van der Waals surface area contributed by atoms with Crippen LogP contribution in [0.25, 0.3) is 0 Å². The second kappa shape index (κ2) is 3.28. The Labute approximate surface area is 87.9 Å². The highest BCUT2D eigenvalue weighted by Crippen LogP contribution is 2.39. The molecule has 2 aliphatic rings. The van der Waals surface area contributed by atoms with E-state index in [-0.39, 0.29) is 0 Å². The molecule has 3 rings (SSSR count). The van der Waals surface area contributed by atoms with Crippen molar-refractivity contribution in [3.8, 4) is 0 Å². The second-order valence-corrected chi connectivity index (χ2v) is 5.36. The van der Waals surface area contributed by atoms with E-state index in [1.165, 1.54) is 25.7 Å². The van der Waals surface area contributed by atoms with Gasteiger partial charge in [0, 0.05) is 18.4 Å². The molecule has 0 radical (unpaired) electrons. The quantitative estimate of drug-likeness (QED) is 0.821. The molecule has 0 aromatic carbocycles. The van der Waals surface area contributed by atoms with Crippen molar-refractivity contribution in [2.45, 2.75) is 44.1 Å². The van der Waals surface area contributed by atoms with Gasteiger partial charge in [-0.3, -0.25) is 0 Å². The van der Waals surface area contributed by atoms with Crippen LogP contribution in [0.2, 0.25) is 0 Å². The van der Waals surface area contributed by atoms with Crippen molar-refractivity contribution in [1.82, 2.24) is 9.36 Å². The maximum atomic E-state index is 6.05. The fourth-order valence-electron chi connectivity index (χ4n) is 1.75. The molecule has 1 aromatic rings. The summed E-state index contributed by atoms with van der Waals surface area (Å²) in [6.45, 7) is 0. The SMILES string of the molecule is NC(Cc1nc(C2CC2)ns1)C1CC1. The topological polar surface area (TPSA) is 51.8 Å². The highest BCUT2D eigenvalue weighted by atomic mass is 32.1. The fraction of sp³-hybridized carbons (Fsp3) is 0.800. The van der Waals surface area contributed by atoms with Crippen LogP contribution in [0.5, 0.6) is 0 Å². The van der Waals surface area contributed by atoms with Crippen LogP contribution < -0.4 is 5.73 Å². The van der Waals surface area contributed by atoms with Gasteiger partial charge in [0.15, 0.2) is 0 Å². The largest absolute Gasteiger partial charge is 0.327 e. The predicted molar refractivity (Wildman–Crippen MR) is 56.3 cm³/mol. The van der Waals surface area contributed by atoms with Gasteiger partial charge in [-0.25, -0.2) is 4.98 Å². The molecule has 0 saturated heterocycles. The first-order chi connectivity index (χ1) is 6.83. The van der Waals surface area contributed by atoms with Crippen LogP contribution in [0.1, 0.15) is 42.4 Å². The van der Waals surface area contributed by atoms with Crippen molar-refractivity contribution in [3.63, 3.8) is 0 Å². The molecular formula is C10H15N3S. The third-order valence-corrected chi connectivity index (χ3v) is 3.81. The molecule has 0 spiro atoms. The number of nitrogens with two attached hydrogens (primary N) is 1. The Hall–Kier alpha value is -0.480. The summed E-state index contributed by atoms with van der Waals surface area (Å²) in [5, 5.41) is 1.14. The number of hydrogen-bond donors (Lipinski definition) is 1. The summed E-state index contributed by atoms with van der Waals surface area (Å²) in [6.07, 6.45) is 6.13. The van der Waals surface area contributed by atoms with Gasteiger partial charge in [-0.15, -0.1) is 0 Å². The molecule has 3 nitrogen and oxygen atoms in total. The Bertz CT molecular complexity index is 328. The molecule has 2 saturated carbocycles. The molecular weight excluding hydrogens is 194 g/mol. The lowest BCUT2D eigenvalue weighted by Gasteiger charge is -2.05. The van der Waals surface area contributed by atoms with Gasteiger partial charge in [-0.1, -0.05) is 0 Å². The van der Waals surface area contributed by atoms with Crippen LogP contribution in [0.3, 0.4) is 0 Å². The normalized spacial score (nSPS) is 23.8. The summed E-state index contributed by atoms with van der Waals surface area (Å²) in [4.78, 5) is 4.55. The highest BCUT2D eigenvalue weighted by molar-refractivity contribution is 7.05. The Kier molecular flexibility index (Phi) is 2.06. The number of hydrogen-bond acceptors (Lipinski definition) is 4. The summed E-state index contributed by atoms with van der Waals surface area (Å²) in [5.41, 5.74) is 6.05. The van der Waals surface area contributed by atoms with Gasteiger partial charge >= 0.3 is 0 Å². The van der Waals surface area contributed by atoms with Gasteiger partial charge in [0.2, 0.25) is 0 Å². The van der Waals surface area contributed by atoms with Crippen LogP contribution in [0.4, 0.5) is 0 Å². The lowest BCUT2D eigenvalue weighted by Crippen LogP contribution is -2.24. The number of rotatable bonds is 4. The van der Waals surface area contributed by atoms with E-state index in [1.54, 1.807) is 11.5 Å². The summed E-state index contributed by atoms with van der Waals surface area (Å²) < 4.78 is 4.39. The van der Waals surface area contributed by atoms with E-state index in [2.05, 4.69) is 9.36 Å². The molecule has 2 aliphatic carbocycles. The molecule has 1 unspecified atom stereocenters. The van der Waals surface area contributed by atoms with Crippen LogP contribution >= 0.6 is 11.5 Å². The van der Waals surface area contributed by atoms with Crippen LogP contribution in [-0.2, 0) is 6.42 Å². The minimum Gasteiger partial charge on any atom is -0.327 e. The van der Waals surface area contributed by atoms with Gasteiger partial charge in [0.05, 0.1) is 0 Å². The maximum Gasteiger partial charge on any atom is 0.145 e. The van der Waals surface area contributed by atoms with E-state index in [1.807, 2.05) is 0 Å². The molecule has 76 valence electrons. The minimum absolute atomic E-state index is 0.329. The molecule has 4 heteroatoms. The summed E-state index contributed by atoms with van der Waals surface area (Å²) in [5.74, 6) is 2.52. The van der Waals surface area contributed by atoms with E-state index in [0.717, 1.165) is 23.2 Å². The lowest BCUT2D eigenvalue weighted by atomic mass is 10.1. The zero-order valence-corrected chi connectivity index (χ0v) is 8.96. The van der Waals surface area contributed by atoms with Gasteiger partial charge in [0.25, 0.3) is 0 Å². The summed E-state index contributed by atoms with van der Waals surface area (Å²) >= 11 is 1.55. The van der Waals surface area contributed by atoms with Crippen LogP contribution in [-0.4, -0.2) is 15.4 Å². The molecule has 0 amide bonds. The van der Waals surface area contributed by atoms with Crippen molar-refractivity contribution < 1.29 is 0 Å². The molecule has 2 fully saturated rings. The second-order valence-electron chi connectivity index (χ2n) is 4.53. The maximum absolute atomic E-state index is 6.05. The minimum atomic E-state index is 0.329. The van der Waals surface area contributed by atoms with Gasteiger partial charge < -0.3 is 5.73 Å².